The topological polar surface area (TPSA) is 58.3 Å². The van der Waals surface area contributed by atoms with Gasteiger partial charge in [-0.2, -0.15) is 5.10 Å². The maximum absolute atomic E-state index is 4.81. The lowest BCUT2D eigenvalue weighted by Crippen LogP contribution is -2.40. The van der Waals surface area contributed by atoms with E-state index >= 15 is 0 Å². The van der Waals surface area contributed by atoms with Crippen LogP contribution in [0.3, 0.4) is 0 Å². The molecule has 3 rings (SSSR count). The van der Waals surface area contributed by atoms with Crippen LogP contribution in [0.15, 0.2) is 23.6 Å². The summed E-state index contributed by atoms with van der Waals surface area (Å²) in [5.74, 6) is 1.57. The third-order valence-corrected chi connectivity index (χ3v) is 5.25. The number of aliphatic imine (C=N–C) groups is 1. The maximum atomic E-state index is 4.81. The summed E-state index contributed by atoms with van der Waals surface area (Å²) in [6, 6.07) is 0. The van der Waals surface area contributed by atoms with E-state index in [-0.39, 0.29) is 24.0 Å². The van der Waals surface area contributed by atoms with E-state index in [1.807, 2.05) is 24.1 Å². The van der Waals surface area contributed by atoms with Crippen LogP contribution in [0.1, 0.15) is 34.7 Å². The van der Waals surface area contributed by atoms with Crippen molar-refractivity contribution in [3.63, 3.8) is 0 Å². The summed E-state index contributed by atoms with van der Waals surface area (Å²) in [6.45, 7) is 7.94. The number of likely N-dealkylation sites (tertiary alicyclic amines) is 1. The second kappa shape index (κ2) is 9.51. The first-order valence-corrected chi connectivity index (χ1v) is 9.40. The summed E-state index contributed by atoms with van der Waals surface area (Å²) in [4.78, 5) is 12.9. The predicted molar refractivity (Wildman–Crippen MR) is 114 cm³/mol. The highest BCUT2D eigenvalue weighted by atomic mass is 127. The zero-order valence-corrected chi connectivity index (χ0v) is 18.3. The normalized spacial score (nSPS) is 17.6. The lowest BCUT2D eigenvalue weighted by Gasteiger charge is -2.21. The van der Waals surface area contributed by atoms with E-state index in [4.69, 9.17) is 4.99 Å². The van der Waals surface area contributed by atoms with Gasteiger partial charge in [0, 0.05) is 62.8 Å². The number of rotatable bonds is 5. The molecule has 1 aliphatic heterocycles. The van der Waals surface area contributed by atoms with Crippen molar-refractivity contribution in [3.8, 4) is 0 Å². The predicted octanol–water partition coefficient (Wildman–Crippen LogP) is 2.80. The molecule has 3 heterocycles. The van der Waals surface area contributed by atoms with Gasteiger partial charge in [-0.25, -0.2) is 4.98 Å². The number of halogens is 1. The standard InChI is InChI=1S/C17H26N6S.HI/c1-4-18-17(19-7-5-16-20-9-13(2)24-16)23-8-6-14(12-23)15-10-21-22(3)11-15;/h9-11,14H,4-8,12H2,1-3H3,(H,18,19);1H. The highest BCUT2D eigenvalue weighted by Crippen LogP contribution is 2.26. The molecule has 0 bridgehead atoms. The Bertz CT molecular complexity index is 695. The second-order valence-electron chi connectivity index (χ2n) is 6.23. The number of aromatic nitrogens is 3. The zero-order chi connectivity index (χ0) is 16.9. The summed E-state index contributed by atoms with van der Waals surface area (Å²) < 4.78 is 1.88. The number of hydrogen-bond acceptors (Lipinski definition) is 4. The molecule has 1 saturated heterocycles. The van der Waals surface area contributed by atoms with Crippen LogP contribution in [-0.2, 0) is 13.5 Å². The van der Waals surface area contributed by atoms with Crippen LogP contribution in [0.2, 0.25) is 0 Å². The fourth-order valence-corrected chi connectivity index (χ4v) is 3.85. The Morgan fingerprint density at radius 3 is 2.92 bits per heavy atom. The minimum Gasteiger partial charge on any atom is -0.357 e. The fraction of sp³-hybridized carbons (Fsp3) is 0.588. The number of hydrogen-bond donors (Lipinski definition) is 1. The molecule has 0 radical (unpaired) electrons. The van der Waals surface area contributed by atoms with Gasteiger partial charge in [0.1, 0.15) is 0 Å². The molecular formula is C17H27IN6S. The van der Waals surface area contributed by atoms with Crippen molar-refractivity contribution in [2.45, 2.75) is 32.6 Å². The Morgan fingerprint density at radius 2 is 2.28 bits per heavy atom. The van der Waals surface area contributed by atoms with Gasteiger partial charge >= 0.3 is 0 Å². The lowest BCUT2D eigenvalue weighted by atomic mass is 10.0. The average molecular weight is 474 g/mol. The van der Waals surface area contributed by atoms with Crippen molar-refractivity contribution < 1.29 is 0 Å². The molecule has 0 spiro atoms. The van der Waals surface area contributed by atoms with Crippen LogP contribution >= 0.6 is 35.3 Å². The van der Waals surface area contributed by atoms with E-state index in [0.29, 0.717) is 5.92 Å². The van der Waals surface area contributed by atoms with Crippen LogP contribution in [0, 0.1) is 6.92 Å². The molecule has 138 valence electrons. The molecule has 2 aromatic heterocycles. The van der Waals surface area contributed by atoms with Gasteiger partial charge in [-0.05, 0) is 25.8 Å². The van der Waals surface area contributed by atoms with Crippen LogP contribution < -0.4 is 5.32 Å². The van der Waals surface area contributed by atoms with E-state index in [1.54, 1.807) is 11.3 Å². The first kappa shape index (κ1) is 20.2. The number of nitrogens with zero attached hydrogens (tertiary/aromatic N) is 5. The second-order valence-corrected chi connectivity index (χ2v) is 7.55. The zero-order valence-electron chi connectivity index (χ0n) is 15.1. The van der Waals surface area contributed by atoms with E-state index in [2.05, 4.69) is 40.3 Å². The van der Waals surface area contributed by atoms with Crippen molar-refractivity contribution >= 4 is 41.3 Å². The molecular weight excluding hydrogens is 447 g/mol. The molecule has 6 nitrogen and oxygen atoms in total. The first-order valence-electron chi connectivity index (χ1n) is 8.58. The Hall–Kier alpha value is -1.16. The van der Waals surface area contributed by atoms with E-state index in [1.165, 1.54) is 15.4 Å². The molecule has 1 atom stereocenters. The summed E-state index contributed by atoms with van der Waals surface area (Å²) in [5.41, 5.74) is 1.33. The third-order valence-electron chi connectivity index (χ3n) is 4.28. The van der Waals surface area contributed by atoms with E-state index in [9.17, 15) is 0 Å². The molecule has 8 heteroatoms. The highest BCUT2D eigenvalue weighted by Gasteiger charge is 2.26. The number of aryl methyl sites for hydroxylation is 2. The molecule has 1 N–H and O–H groups in total. The number of guanidine groups is 1. The van der Waals surface area contributed by atoms with Gasteiger partial charge in [0.25, 0.3) is 0 Å². The molecule has 1 aliphatic rings. The van der Waals surface area contributed by atoms with Crippen molar-refractivity contribution in [1.82, 2.24) is 25.0 Å². The Kier molecular flexibility index (Phi) is 7.67. The molecule has 2 aromatic rings. The lowest BCUT2D eigenvalue weighted by molar-refractivity contribution is 0.486. The molecule has 0 aliphatic carbocycles. The third kappa shape index (κ3) is 5.40. The molecule has 0 saturated carbocycles. The van der Waals surface area contributed by atoms with Gasteiger partial charge < -0.3 is 10.2 Å². The van der Waals surface area contributed by atoms with Gasteiger partial charge in [-0.1, -0.05) is 0 Å². The summed E-state index contributed by atoms with van der Waals surface area (Å²) >= 11 is 1.76. The van der Waals surface area contributed by atoms with Crippen LogP contribution in [-0.4, -0.2) is 51.8 Å². The average Bonchev–Trinajstić information content (AvgIpc) is 3.27. The monoisotopic (exact) mass is 474 g/mol. The smallest absolute Gasteiger partial charge is 0.193 e. The molecule has 25 heavy (non-hydrogen) atoms. The number of nitrogens with one attached hydrogen (secondary N) is 1. The van der Waals surface area contributed by atoms with Crippen molar-refractivity contribution in [1.29, 1.82) is 0 Å². The number of thiazole rings is 1. The van der Waals surface area contributed by atoms with Gasteiger partial charge in [-0.3, -0.25) is 9.67 Å². The minimum absolute atomic E-state index is 0. The van der Waals surface area contributed by atoms with Crippen molar-refractivity contribution in [2.24, 2.45) is 12.0 Å². The molecule has 0 amide bonds. The highest BCUT2D eigenvalue weighted by molar-refractivity contribution is 14.0. The van der Waals surface area contributed by atoms with Gasteiger partial charge in [0.15, 0.2) is 5.96 Å². The van der Waals surface area contributed by atoms with Gasteiger partial charge in [0.05, 0.1) is 11.2 Å². The molecule has 1 unspecified atom stereocenters. The van der Waals surface area contributed by atoms with Crippen molar-refractivity contribution in [3.05, 3.63) is 34.0 Å². The Labute approximate surface area is 170 Å². The summed E-state index contributed by atoms with van der Waals surface area (Å²) in [7, 11) is 1.97. The van der Waals surface area contributed by atoms with Crippen molar-refractivity contribution in [2.75, 3.05) is 26.2 Å². The van der Waals surface area contributed by atoms with Crippen LogP contribution in [0.4, 0.5) is 0 Å². The Balaban J connectivity index is 0.00000225. The summed E-state index contributed by atoms with van der Waals surface area (Å²) in [6.07, 6.45) is 8.12. The largest absolute Gasteiger partial charge is 0.357 e. The molecule has 0 aromatic carbocycles. The van der Waals surface area contributed by atoms with Gasteiger partial charge in [-0.15, -0.1) is 35.3 Å². The van der Waals surface area contributed by atoms with Crippen LogP contribution in [0.25, 0.3) is 0 Å². The van der Waals surface area contributed by atoms with E-state index in [0.717, 1.165) is 45.0 Å². The van der Waals surface area contributed by atoms with E-state index < -0.39 is 0 Å². The first-order chi connectivity index (χ1) is 11.7. The fourth-order valence-electron chi connectivity index (χ4n) is 3.08. The van der Waals surface area contributed by atoms with Gasteiger partial charge in [0.2, 0.25) is 0 Å². The SMILES string of the molecule is CCNC(=NCCc1ncc(C)s1)N1CCC(c2cnn(C)c2)C1.I. The quantitative estimate of drug-likeness (QED) is 0.412. The Morgan fingerprint density at radius 1 is 1.44 bits per heavy atom. The maximum Gasteiger partial charge on any atom is 0.193 e. The molecule has 1 fully saturated rings. The minimum atomic E-state index is 0. The van der Waals surface area contributed by atoms with Crippen LogP contribution in [0.5, 0.6) is 0 Å². The summed E-state index contributed by atoms with van der Waals surface area (Å²) in [5, 5.41) is 8.90.